The van der Waals surface area contributed by atoms with E-state index in [0.717, 1.165) is 6.42 Å². The van der Waals surface area contributed by atoms with Crippen LogP contribution in [-0.2, 0) is 44.9 Å². The van der Waals surface area contributed by atoms with Gasteiger partial charge in [0.05, 0.1) is 0 Å². The van der Waals surface area contributed by atoms with Crippen molar-refractivity contribution in [3.63, 3.8) is 0 Å². The molecular formula is C35H42FeO7Si. The smallest absolute Gasteiger partial charge is 0 e. The summed E-state index contributed by atoms with van der Waals surface area (Å²) in [6, 6.07) is 21.3. The number of carbonyl (C=O) groups is 1. The summed E-state index contributed by atoms with van der Waals surface area (Å²) in [7, 11) is -2.55. The molecule has 236 valence electrons. The van der Waals surface area contributed by atoms with E-state index in [4.69, 9.17) is 27.9 Å². The van der Waals surface area contributed by atoms with Crippen LogP contribution in [-0.4, -0.2) is 33.3 Å². The number of cyclic esters (lactones) is 2. The van der Waals surface area contributed by atoms with Gasteiger partial charge < -0.3 is 13.9 Å². The number of unbranched alkanes of at least 4 members (excludes halogenated alkanes) is 5. The molecule has 2 aromatic carbocycles. The van der Waals surface area contributed by atoms with Gasteiger partial charge in [0, 0.05) is 36.5 Å². The quantitative estimate of drug-likeness (QED) is 0.0531. The van der Waals surface area contributed by atoms with Gasteiger partial charge in [-0.2, -0.15) is 0 Å². The minimum atomic E-state index is -2.55. The molecule has 3 rings (SSSR count). The molecule has 0 N–H and O–H groups in total. The molecule has 0 aromatic heterocycles. The Morgan fingerprint density at radius 1 is 0.841 bits per heavy atom. The maximum Gasteiger partial charge on any atom is 0 e. The minimum Gasteiger partial charge on any atom is 0 e. The summed E-state index contributed by atoms with van der Waals surface area (Å²) in [6.45, 7) is 23.0. The monoisotopic (exact) mass is 658 g/mol. The molecule has 1 aliphatic rings. The van der Waals surface area contributed by atoms with Crippen molar-refractivity contribution in [2.24, 2.45) is 0 Å². The van der Waals surface area contributed by atoms with E-state index in [0.29, 0.717) is 13.0 Å². The zero-order chi connectivity index (χ0) is 32.6. The Balaban J connectivity index is 0. The molecule has 7 nitrogen and oxygen atoms in total. The molecule has 0 spiro atoms. The third-order valence-electron chi connectivity index (χ3n) is 6.72. The number of allylic oxidation sites excluding steroid dienone is 1. The van der Waals surface area contributed by atoms with Gasteiger partial charge in [0.2, 0.25) is 0 Å². The molecule has 1 fully saturated rings. The largest absolute Gasteiger partial charge is 0 e. The standard InChI is InChI=1S/C32H42O4Si.3CO.Fe/c1-5-6-7-8-9-17-24-29-30(36-31(33)35-29)25-18-12-19-26-34-37(32(2,3)4,27-20-13-10-14-21-27)28-22-15-11-16-23-28;3*1-2;/h9-23,25,29-30H,5-8,24,26H2,1-4H3;;;;/b17-9+;;;;/t29-,30+;;;;/m0..../s1. The Morgan fingerprint density at radius 2 is 1.39 bits per heavy atom. The van der Waals surface area contributed by atoms with Crippen LogP contribution >= 0.6 is 0 Å². The zero-order valence-corrected chi connectivity index (χ0v) is 28.0. The Labute approximate surface area is 275 Å². The fourth-order valence-electron chi connectivity index (χ4n) is 4.85. The van der Waals surface area contributed by atoms with Crippen LogP contribution in [0.5, 0.6) is 0 Å². The fraction of sp³-hybridized carbons (Fsp3) is 0.371. The van der Waals surface area contributed by atoms with E-state index in [1.807, 2.05) is 25.7 Å². The maximum absolute atomic E-state index is 11.7. The average molecular weight is 659 g/mol. The van der Waals surface area contributed by atoms with Crippen LogP contribution in [0.3, 0.4) is 0 Å². The molecule has 9 heteroatoms. The first-order valence-corrected chi connectivity index (χ1v) is 16.0. The topological polar surface area (TPSA) is 104 Å². The number of ether oxygens (including phenoxy) is 2. The van der Waals surface area contributed by atoms with E-state index in [1.54, 1.807) is 0 Å². The molecule has 1 aliphatic heterocycles. The Hall–Kier alpha value is -2.63. The van der Waals surface area contributed by atoms with Crippen molar-refractivity contribution in [3.05, 3.63) is 118 Å². The van der Waals surface area contributed by atoms with Crippen LogP contribution in [0.2, 0.25) is 5.04 Å². The fourth-order valence-corrected chi connectivity index (χ4v) is 9.36. The van der Waals surface area contributed by atoms with E-state index >= 15 is 0 Å². The van der Waals surface area contributed by atoms with Crippen LogP contribution < -0.4 is 10.4 Å². The molecule has 0 unspecified atom stereocenters. The zero-order valence-electron chi connectivity index (χ0n) is 25.8. The first kappa shape index (κ1) is 43.5. The van der Waals surface area contributed by atoms with Crippen molar-refractivity contribution < 1.29 is 49.7 Å². The van der Waals surface area contributed by atoms with Gasteiger partial charge in [-0.05, 0) is 47.5 Å². The van der Waals surface area contributed by atoms with E-state index in [9.17, 15) is 4.79 Å². The Kier molecular flexibility index (Phi) is 25.4. The minimum absolute atomic E-state index is 0. The second kappa shape index (κ2) is 25.7. The third-order valence-corrected chi connectivity index (χ3v) is 11.7. The van der Waals surface area contributed by atoms with E-state index < -0.39 is 14.5 Å². The normalized spacial score (nSPS) is 15.5. The average Bonchev–Trinajstić information content (AvgIpc) is 3.40. The van der Waals surface area contributed by atoms with Crippen molar-refractivity contribution in [1.29, 1.82) is 0 Å². The molecule has 2 aromatic rings. The predicted molar refractivity (Wildman–Crippen MR) is 166 cm³/mol. The number of hydrogen-bond donors (Lipinski definition) is 0. The van der Waals surface area contributed by atoms with Crippen LogP contribution in [0.1, 0.15) is 59.8 Å². The van der Waals surface area contributed by atoms with E-state index in [-0.39, 0.29) is 34.3 Å². The third kappa shape index (κ3) is 14.0. The second-order valence-corrected chi connectivity index (χ2v) is 14.8. The van der Waals surface area contributed by atoms with Gasteiger partial charge in [-0.25, -0.2) is 4.79 Å². The summed E-state index contributed by atoms with van der Waals surface area (Å²) in [5, 5.41) is 2.46. The van der Waals surface area contributed by atoms with Crippen molar-refractivity contribution >= 4 is 24.8 Å². The number of hydrogen-bond acceptors (Lipinski definition) is 4. The maximum atomic E-state index is 11.7. The van der Waals surface area contributed by atoms with Gasteiger partial charge in [-0.15, -0.1) is 0 Å². The van der Waals surface area contributed by atoms with Crippen molar-refractivity contribution in [1.82, 2.24) is 0 Å². The molecule has 1 saturated heterocycles. The summed E-state index contributed by atoms with van der Waals surface area (Å²) in [5.74, 6) is 0. The molecule has 0 amide bonds. The summed E-state index contributed by atoms with van der Waals surface area (Å²) < 4.78 is 40.1. The molecule has 44 heavy (non-hydrogen) atoms. The van der Waals surface area contributed by atoms with Gasteiger partial charge in [0.25, 0.3) is 8.32 Å². The van der Waals surface area contributed by atoms with Gasteiger partial charge in [-0.3, -0.25) is 0 Å². The summed E-state index contributed by atoms with van der Waals surface area (Å²) in [4.78, 5) is 11.7. The van der Waals surface area contributed by atoms with Crippen molar-refractivity contribution in [3.8, 4) is 0 Å². The van der Waals surface area contributed by atoms with Gasteiger partial charge >= 0.3 is 40.1 Å². The summed E-state index contributed by atoms with van der Waals surface area (Å²) in [6.07, 6.45) is 16.2. The number of rotatable bonds is 15. The van der Waals surface area contributed by atoms with Crippen molar-refractivity contribution in [2.45, 2.75) is 77.0 Å². The second-order valence-electron chi connectivity index (χ2n) is 10.5. The van der Waals surface area contributed by atoms with Gasteiger partial charge in [0.15, 0.2) is 0 Å². The predicted octanol–water partition coefficient (Wildman–Crippen LogP) is 6.70. The molecule has 0 saturated carbocycles. The van der Waals surface area contributed by atoms with Crippen molar-refractivity contribution in [2.75, 3.05) is 6.61 Å². The molecule has 4 radical (unpaired) electrons. The molecular weight excluding hydrogens is 616 g/mol. The molecule has 2 atom stereocenters. The summed E-state index contributed by atoms with van der Waals surface area (Å²) in [5.41, 5.74) is 0. The number of benzene rings is 2. The SMILES string of the molecule is CCCCC/C=C/C[C@@H]1OC(=O)O[C@@H]1[CH][CH][CH][CH]CO[Si](c1ccccc1)(c1ccccc1)C(C)(C)C.[C-]#[O+].[C-]#[O+].[C-]#[O+].[Fe]. The van der Waals surface area contributed by atoms with E-state index in [1.165, 1.54) is 29.6 Å². The molecule has 0 bridgehead atoms. The van der Waals surface area contributed by atoms with Gasteiger partial charge in [0.1, 0.15) is 12.2 Å². The first-order valence-electron chi connectivity index (χ1n) is 14.1. The Morgan fingerprint density at radius 3 is 1.89 bits per heavy atom. The van der Waals surface area contributed by atoms with Gasteiger partial charge in [-0.1, -0.05) is 113 Å². The first-order chi connectivity index (χ1) is 20.9. The molecule has 0 aliphatic carbocycles. The van der Waals surface area contributed by atoms with Crippen LogP contribution in [0, 0.1) is 45.6 Å². The summed E-state index contributed by atoms with van der Waals surface area (Å²) >= 11 is 0. The number of carbonyl (C=O) groups excluding carboxylic acids is 1. The van der Waals surface area contributed by atoms with Crippen LogP contribution in [0.4, 0.5) is 4.79 Å². The Bertz CT molecular complexity index is 1040. The molecule has 1 heterocycles. The van der Waals surface area contributed by atoms with Crippen LogP contribution in [0.15, 0.2) is 72.8 Å². The van der Waals surface area contributed by atoms with E-state index in [2.05, 4.69) is 120 Å². The van der Waals surface area contributed by atoms with Crippen LogP contribution in [0.25, 0.3) is 0 Å².